The van der Waals surface area contributed by atoms with Gasteiger partial charge in [0, 0.05) is 6.04 Å². The van der Waals surface area contributed by atoms with E-state index < -0.39 is 0 Å². The largest absolute Gasteiger partial charge is 0.314 e. The molecule has 1 nitrogen and oxygen atoms in total. The molecule has 14 heavy (non-hydrogen) atoms. The molecule has 1 atom stereocenters. The van der Waals surface area contributed by atoms with Gasteiger partial charge in [-0.25, -0.2) is 0 Å². The fraction of sp³-hybridized carbons (Fsp3) is 0.846. The summed E-state index contributed by atoms with van der Waals surface area (Å²) in [5.74, 6) is 0.746. The Kier molecular flexibility index (Phi) is 5.24. The van der Waals surface area contributed by atoms with Gasteiger partial charge in [0.15, 0.2) is 0 Å². The van der Waals surface area contributed by atoms with Crippen molar-refractivity contribution in [1.29, 1.82) is 0 Å². The Morgan fingerprint density at radius 2 is 2.07 bits per heavy atom. The minimum atomic E-state index is 0.652. The summed E-state index contributed by atoms with van der Waals surface area (Å²) < 4.78 is 0. The van der Waals surface area contributed by atoms with Crippen molar-refractivity contribution in [3.63, 3.8) is 0 Å². The molecule has 1 aliphatic carbocycles. The van der Waals surface area contributed by atoms with E-state index in [-0.39, 0.29) is 0 Å². The van der Waals surface area contributed by atoms with Crippen molar-refractivity contribution in [3.05, 3.63) is 11.6 Å². The third kappa shape index (κ3) is 4.28. The van der Waals surface area contributed by atoms with Crippen LogP contribution in [-0.2, 0) is 0 Å². The number of hydrogen-bond acceptors (Lipinski definition) is 1. The van der Waals surface area contributed by atoms with E-state index in [1.165, 1.54) is 32.1 Å². The van der Waals surface area contributed by atoms with E-state index in [1.54, 1.807) is 5.57 Å². The molecule has 0 saturated carbocycles. The minimum Gasteiger partial charge on any atom is -0.314 e. The first kappa shape index (κ1) is 11.8. The molecular weight excluding hydrogens is 170 g/mol. The Morgan fingerprint density at radius 1 is 1.29 bits per heavy atom. The molecule has 1 N–H and O–H groups in total. The SMILES string of the molecule is CC(C)C(C)NCCC1=CCCCC1. The quantitative estimate of drug-likeness (QED) is 0.662. The van der Waals surface area contributed by atoms with Gasteiger partial charge in [-0.3, -0.25) is 0 Å². The van der Waals surface area contributed by atoms with E-state index in [0.29, 0.717) is 6.04 Å². The molecule has 0 spiro atoms. The molecule has 0 fully saturated rings. The van der Waals surface area contributed by atoms with E-state index >= 15 is 0 Å². The van der Waals surface area contributed by atoms with Gasteiger partial charge in [-0.2, -0.15) is 0 Å². The smallest absolute Gasteiger partial charge is 0.00618 e. The molecule has 0 aromatic rings. The average Bonchev–Trinajstić information content (AvgIpc) is 2.19. The van der Waals surface area contributed by atoms with Crippen molar-refractivity contribution in [2.75, 3.05) is 6.54 Å². The summed E-state index contributed by atoms with van der Waals surface area (Å²) in [5, 5.41) is 3.59. The first-order chi connectivity index (χ1) is 6.70. The number of rotatable bonds is 5. The summed E-state index contributed by atoms with van der Waals surface area (Å²) in [4.78, 5) is 0. The number of hydrogen-bond donors (Lipinski definition) is 1. The first-order valence-corrected chi connectivity index (χ1v) is 6.11. The second-order valence-corrected chi connectivity index (χ2v) is 4.84. The van der Waals surface area contributed by atoms with Crippen LogP contribution in [0, 0.1) is 5.92 Å². The lowest BCUT2D eigenvalue weighted by atomic mass is 9.97. The van der Waals surface area contributed by atoms with Crippen molar-refractivity contribution < 1.29 is 0 Å². The van der Waals surface area contributed by atoms with E-state index in [4.69, 9.17) is 0 Å². The third-order valence-electron chi connectivity index (χ3n) is 3.30. The lowest BCUT2D eigenvalue weighted by Gasteiger charge is -2.19. The summed E-state index contributed by atoms with van der Waals surface area (Å²) in [6.07, 6.45) is 9.18. The highest BCUT2D eigenvalue weighted by Gasteiger charge is 2.07. The van der Waals surface area contributed by atoms with E-state index in [2.05, 4.69) is 32.2 Å². The van der Waals surface area contributed by atoms with Gasteiger partial charge in [-0.15, -0.1) is 0 Å². The van der Waals surface area contributed by atoms with Crippen molar-refractivity contribution in [1.82, 2.24) is 5.32 Å². The Bertz CT molecular complexity index is 182. The molecule has 1 unspecified atom stereocenters. The molecule has 82 valence electrons. The van der Waals surface area contributed by atoms with Gasteiger partial charge in [0.1, 0.15) is 0 Å². The van der Waals surface area contributed by atoms with E-state index in [1.807, 2.05) is 0 Å². The molecule has 0 aromatic carbocycles. The number of nitrogens with one attached hydrogen (secondary N) is 1. The zero-order valence-electron chi connectivity index (χ0n) is 9.97. The fourth-order valence-electron chi connectivity index (χ4n) is 1.83. The highest BCUT2D eigenvalue weighted by Crippen LogP contribution is 2.19. The van der Waals surface area contributed by atoms with Crippen LogP contribution in [0.5, 0.6) is 0 Å². The predicted octanol–water partition coefficient (Wildman–Crippen LogP) is 3.51. The van der Waals surface area contributed by atoms with Crippen LogP contribution in [0.25, 0.3) is 0 Å². The van der Waals surface area contributed by atoms with Crippen molar-refractivity contribution in [2.24, 2.45) is 5.92 Å². The van der Waals surface area contributed by atoms with Crippen LogP contribution in [0.1, 0.15) is 52.9 Å². The van der Waals surface area contributed by atoms with Gasteiger partial charge >= 0.3 is 0 Å². The molecule has 0 amide bonds. The van der Waals surface area contributed by atoms with Gasteiger partial charge in [0.05, 0.1) is 0 Å². The van der Waals surface area contributed by atoms with Crippen LogP contribution in [0.2, 0.25) is 0 Å². The second kappa shape index (κ2) is 6.23. The minimum absolute atomic E-state index is 0.652. The third-order valence-corrected chi connectivity index (χ3v) is 3.30. The van der Waals surface area contributed by atoms with Crippen LogP contribution >= 0.6 is 0 Å². The molecular formula is C13H25N. The number of allylic oxidation sites excluding steroid dienone is 1. The second-order valence-electron chi connectivity index (χ2n) is 4.84. The molecule has 0 bridgehead atoms. The zero-order valence-corrected chi connectivity index (χ0v) is 9.97. The fourth-order valence-corrected chi connectivity index (χ4v) is 1.83. The average molecular weight is 195 g/mol. The highest BCUT2D eigenvalue weighted by molar-refractivity contribution is 5.05. The van der Waals surface area contributed by atoms with Gasteiger partial charge in [0.2, 0.25) is 0 Å². The molecule has 1 rings (SSSR count). The Hall–Kier alpha value is -0.300. The topological polar surface area (TPSA) is 12.0 Å². The monoisotopic (exact) mass is 195 g/mol. The van der Waals surface area contributed by atoms with Crippen LogP contribution < -0.4 is 5.32 Å². The molecule has 0 aromatic heterocycles. The molecule has 1 heteroatoms. The molecule has 0 saturated heterocycles. The van der Waals surface area contributed by atoms with E-state index in [9.17, 15) is 0 Å². The van der Waals surface area contributed by atoms with Crippen LogP contribution in [0.4, 0.5) is 0 Å². The zero-order chi connectivity index (χ0) is 10.4. The maximum absolute atomic E-state index is 3.59. The van der Waals surface area contributed by atoms with Gasteiger partial charge in [0.25, 0.3) is 0 Å². The van der Waals surface area contributed by atoms with Gasteiger partial charge < -0.3 is 5.32 Å². The molecule has 0 radical (unpaired) electrons. The molecule has 1 aliphatic rings. The van der Waals surface area contributed by atoms with Crippen molar-refractivity contribution >= 4 is 0 Å². The summed E-state index contributed by atoms with van der Waals surface area (Å²) in [6, 6.07) is 0.652. The summed E-state index contributed by atoms with van der Waals surface area (Å²) in [5.41, 5.74) is 1.68. The highest BCUT2D eigenvalue weighted by atomic mass is 14.9. The van der Waals surface area contributed by atoms with Gasteiger partial charge in [-0.1, -0.05) is 25.5 Å². The lowest BCUT2D eigenvalue weighted by Crippen LogP contribution is -2.31. The Balaban J connectivity index is 2.11. The van der Waals surface area contributed by atoms with Gasteiger partial charge in [-0.05, 0) is 51.5 Å². The van der Waals surface area contributed by atoms with Crippen LogP contribution in [0.15, 0.2) is 11.6 Å². The standard InChI is InChI=1S/C13H25N/c1-11(2)12(3)14-10-9-13-7-5-4-6-8-13/h7,11-12,14H,4-6,8-10H2,1-3H3. The summed E-state index contributed by atoms with van der Waals surface area (Å²) in [6.45, 7) is 7.99. The Labute approximate surface area is 89.0 Å². The molecule has 0 heterocycles. The van der Waals surface area contributed by atoms with Crippen molar-refractivity contribution in [3.8, 4) is 0 Å². The normalized spacial score (nSPS) is 19.6. The van der Waals surface area contributed by atoms with Crippen LogP contribution in [-0.4, -0.2) is 12.6 Å². The summed E-state index contributed by atoms with van der Waals surface area (Å²) in [7, 11) is 0. The van der Waals surface area contributed by atoms with E-state index in [0.717, 1.165) is 12.5 Å². The summed E-state index contributed by atoms with van der Waals surface area (Å²) >= 11 is 0. The maximum atomic E-state index is 3.59. The first-order valence-electron chi connectivity index (χ1n) is 6.11. The Morgan fingerprint density at radius 3 is 2.64 bits per heavy atom. The maximum Gasteiger partial charge on any atom is 0.00618 e. The van der Waals surface area contributed by atoms with Crippen LogP contribution in [0.3, 0.4) is 0 Å². The predicted molar refractivity (Wildman–Crippen MR) is 63.5 cm³/mol. The lowest BCUT2D eigenvalue weighted by molar-refractivity contribution is 0.428. The van der Waals surface area contributed by atoms with Crippen molar-refractivity contribution in [2.45, 2.75) is 58.9 Å². The molecule has 0 aliphatic heterocycles.